The first-order chi connectivity index (χ1) is 28.8. The zero-order chi connectivity index (χ0) is 44.5. The van der Waals surface area contributed by atoms with Crippen LogP contribution in [-0.2, 0) is 35.6 Å². The Balaban J connectivity index is 1.62. The summed E-state index contributed by atoms with van der Waals surface area (Å²) in [6.07, 6.45) is 2.50. The van der Waals surface area contributed by atoms with Gasteiger partial charge in [0.15, 0.2) is 0 Å². The Hall–Kier alpha value is -5.70. The van der Waals surface area contributed by atoms with Crippen LogP contribution in [-0.4, -0.2) is 67.8 Å². The van der Waals surface area contributed by atoms with Gasteiger partial charge in [-0.15, -0.1) is 0 Å². The van der Waals surface area contributed by atoms with E-state index in [1.807, 2.05) is 60.7 Å². The maximum absolute atomic E-state index is 14.5. The highest BCUT2D eigenvalue weighted by Crippen LogP contribution is 2.37. The molecule has 0 fully saturated rings. The number of methoxy groups -OCH3 is 1. The Morgan fingerprint density at radius 3 is 2.28 bits per heavy atom. The van der Waals surface area contributed by atoms with Crippen LogP contribution in [0.25, 0.3) is 22.2 Å². The minimum absolute atomic E-state index is 0.132. The van der Waals surface area contributed by atoms with Crippen molar-refractivity contribution in [1.29, 1.82) is 0 Å². The van der Waals surface area contributed by atoms with Crippen molar-refractivity contribution in [2.24, 2.45) is 5.41 Å². The van der Waals surface area contributed by atoms with Gasteiger partial charge in [0, 0.05) is 23.1 Å². The van der Waals surface area contributed by atoms with E-state index in [1.165, 1.54) is 0 Å². The van der Waals surface area contributed by atoms with Gasteiger partial charge < -0.3 is 30.2 Å². The summed E-state index contributed by atoms with van der Waals surface area (Å²) in [5.41, 5.74) is 1.65. The van der Waals surface area contributed by atoms with Gasteiger partial charge in [-0.2, -0.15) is 0 Å². The minimum atomic E-state index is -3.99. The molecule has 4 amide bonds. The summed E-state index contributed by atoms with van der Waals surface area (Å²) in [6.45, 7) is 12.2. The molecule has 1 aromatic heterocycles. The molecule has 1 aliphatic heterocycles. The Morgan fingerprint density at radius 2 is 1.61 bits per heavy atom. The Bertz CT molecular complexity index is 2320. The summed E-state index contributed by atoms with van der Waals surface area (Å²) in [5.74, 6) is -0.885. The number of carbonyl (C=O) groups excluding carboxylic acids is 4. The molecule has 1 aliphatic rings. The van der Waals surface area contributed by atoms with Crippen LogP contribution in [0, 0.1) is 5.41 Å². The van der Waals surface area contributed by atoms with Crippen LogP contribution in [0.3, 0.4) is 0 Å². The fourth-order valence-corrected chi connectivity index (χ4v) is 8.15. The first-order valence-electron chi connectivity index (χ1n) is 20.8. The first kappa shape index (κ1) is 46.4. The number of alkyl carbamates (subject to hydrolysis) is 1. The number of aromatic nitrogens is 1. The molecule has 14 nitrogen and oxygen atoms in total. The van der Waals surface area contributed by atoms with E-state index in [-0.39, 0.29) is 12.2 Å². The number of carbonyl (C=O) groups is 4. The van der Waals surface area contributed by atoms with Crippen molar-refractivity contribution in [2.75, 3.05) is 12.9 Å². The van der Waals surface area contributed by atoms with Crippen LogP contribution in [0.1, 0.15) is 104 Å². The van der Waals surface area contributed by atoms with Gasteiger partial charge in [-0.3, -0.25) is 19.1 Å². The van der Waals surface area contributed by atoms with E-state index in [1.54, 1.807) is 67.7 Å². The summed E-state index contributed by atoms with van der Waals surface area (Å²) in [5, 5.41) is 8.97. The standard InChI is InChI=1S/C46H59N5O9S/c1-9-17-34-41(52)51-61(56,57)25-16-11-10-13-20-30-26-31(39(42(53)48-34)49-43(54)40(45(2,3)4)50-44(55)60-46(5,6)7)21-24-37(30)59-38-28-35(29-18-14-12-15-19-29)47-36-27-32(58-8)22-23-33(36)38/h12,14-15,18-19,21-24,26-28,34,39-40H,9-11,13,16-17,20,25H2,1-8H3,(H,48,53)(H,49,54)(H,50,55)(H,51,52)/t34-,39?,40+/m0/s1. The van der Waals surface area contributed by atoms with E-state index in [9.17, 15) is 27.6 Å². The highest BCUT2D eigenvalue weighted by molar-refractivity contribution is 7.90. The largest absolute Gasteiger partial charge is 0.497 e. The zero-order valence-electron chi connectivity index (χ0n) is 36.3. The lowest BCUT2D eigenvalue weighted by Crippen LogP contribution is -2.57. The average Bonchev–Trinajstić information content (AvgIpc) is 3.18. The number of hydrogen-bond acceptors (Lipinski definition) is 10. The van der Waals surface area contributed by atoms with Crippen LogP contribution in [0.2, 0.25) is 0 Å². The van der Waals surface area contributed by atoms with Crippen LogP contribution in [0.4, 0.5) is 4.79 Å². The number of hydrogen-bond donors (Lipinski definition) is 4. The van der Waals surface area contributed by atoms with E-state index < -0.39 is 63.0 Å². The summed E-state index contributed by atoms with van der Waals surface area (Å²) in [6, 6.07) is 18.6. The number of pyridine rings is 1. The number of nitrogens with one attached hydrogen (secondary N) is 4. The van der Waals surface area contributed by atoms with Crippen molar-refractivity contribution in [1.82, 2.24) is 25.7 Å². The fourth-order valence-electron chi connectivity index (χ4n) is 7.01. The average molecular weight is 858 g/mol. The zero-order valence-corrected chi connectivity index (χ0v) is 37.2. The van der Waals surface area contributed by atoms with E-state index in [4.69, 9.17) is 19.2 Å². The molecule has 4 aromatic rings. The molecular formula is C46H59N5O9S. The predicted molar refractivity (Wildman–Crippen MR) is 235 cm³/mol. The Morgan fingerprint density at radius 1 is 0.885 bits per heavy atom. The van der Waals surface area contributed by atoms with E-state index in [0.29, 0.717) is 72.5 Å². The quantitative estimate of drug-likeness (QED) is 0.130. The molecule has 5 rings (SSSR count). The smallest absolute Gasteiger partial charge is 0.408 e. The molecule has 4 N–H and O–H groups in total. The number of rotatable bonds is 9. The number of sulfonamides is 1. The van der Waals surface area contributed by atoms with Crippen molar-refractivity contribution in [3.63, 3.8) is 0 Å². The summed E-state index contributed by atoms with van der Waals surface area (Å²) in [7, 11) is -2.40. The van der Waals surface area contributed by atoms with Gasteiger partial charge in [0.05, 0.1) is 24.1 Å². The van der Waals surface area contributed by atoms with Gasteiger partial charge >= 0.3 is 6.09 Å². The topological polar surface area (TPSA) is 191 Å². The van der Waals surface area contributed by atoms with Gasteiger partial charge in [0.1, 0.15) is 41.0 Å². The number of amides is 4. The highest BCUT2D eigenvalue weighted by Gasteiger charge is 2.38. The molecule has 2 bridgehead atoms. The van der Waals surface area contributed by atoms with Crippen LogP contribution < -0.4 is 30.1 Å². The van der Waals surface area contributed by atoms with E-state index in [2.05, 4.69) is 20.7 Å². The molecule has 0 spiro atoms. The third kappa shape index (κ3) is 12.9. The van der Waals surface area contributed by atoms with Crippen molar-refractivity contribution >= 4 is 44.7 Å². The molecule has 61 heavy (non-hydrogen) atoms. The number of benzene rings is 3. The SMILES string of the molecule is CCC[C@@H]1NC(=O)C(NC(=O)[C@@H](NC(=O)OC(C)(C)C)C(C)(C)C)c2ccc(Oc3cc(-c4ccccc4)nc4cc(OC)ccc34)c(c2)CCCCCCS(=O)(=O)NC1=O. The Labute approximate surface area is 359 Å². The minimum Gasteiger partial charge on any atom is -0.497 e. The monoisotopic (exact) mass is 857 g/mol. The molecule has 328 valence electrons. The van der Waals surface area contributed by atoms with Crippen molar-refractivity contribution in [3.05, 3.63) is 83.9 Å². The van der Waals surface area contributed by atoms with Gasteiger partial charge in [0.2, 0.25) is 21.8 Å². The van der Waals surface area contributed by atoms with Crippen molar-refractivity contribution in [2.45, 2.75) is 117 Å². The van der Waals surface area contributed by atoms with Gasteiger partial charge in [0.25, 0.3) is 5.91 Å². The molecule has 0 radical (unpaired) electrons. The van der Waals surface area contributed by atoms with Gasteiger partial charge in [-0.1, -0.05) is 83.4 Å². The maximum Gasteiger partial charge on any atom is 0.408 e. The van der Waals surface area contributed by atoms with Crippen molar-refractivity contribution in [3.8, 4) is 28.5 Å². The van der Waals surface area contributed by atoms with Crippen LogP contribution >= 0.6 is 0 Å². The Kier molecular flexibility index (Phi) is 15.0. The lowest BCUT2D eigenvalue weighted by Gasteiger charge is -2.33. The fraction of sp³-hybridized carbons (Fsp3) is 0.457. The van der Waals surface area contributed by atoms with Crippen LogP contribution in [0.15, 0.2) is 72.8 Å². The van der Waals surface area contributed by atoms with Crippen molar-refractivity contribution < 1.29 is 41.8 Å². The van der Waals surface area contributed by atoms with E-state index >= 15 is 0 Å². The molecule has 15 heteroatoms. The maximum atomic E-state index is 14.5. The summed E-state index contributed by atoms with van der Waals surface area (Å²) < 4.78 is 45.9. The lowest BCUT2D eigenvalue weighted by molar-refractivity contribution is -0.133. The molecular weight excluding hydrogens is 799 g/mol. The second-order valence-electron chi connectivity index (χ2n) is 17.4. The number of aryl methyl sites for hydroxylation is 1. The molecule has 1 unspecified atom stereocenters. The van der Waals surface area contributed by atoms with Gasteiger partial charge in [-0.05, 0) is 87.3 Å². The molecule has 3 aromatic carbocycles. The second kappa shape index (κ2) is 19.8. The lowest BCUT2D eigenvalue weighted by atomic mass is 9.86. The summed E-state index contributed by atoms with van der Waals surface area (Å²) >= 11 is 0. The number of ether oxygens (including phenoxy) is 3. The molecule has 0 saturated heterocycles. The highest BCUT2D eigenvalue weighted by atomic mass is 32.2. The molecule has 2 heterocycles. The number of nitrogens with zero attached hydrogens (tertiary/aromatic N) is 1. The predicted octanol–water partition coefficient (Wildman–Crippen LogP) is 7.65. The van der Waals surface area contributed by atoms with Crippen LogP contribution in [0.5, 0.6) is 17.2 Å². The molecule has 3 atom stereocenters. The summed E-state index contributed by atoms with van der Waals surface area (Å²) in [4.78, 5) is 60.1. The van der Waals surface area contributed by atoms with E-state index in [0.717, 1.165) is 16.5 Å². The number of fused-ring (bicyclic) bond motifs is 3. The van der Waals surface area contributed by atoms with Gasteiger partial charge in [-0.25, -0.2) is 18.2 Å². The second-order valence-corrected chi connectivity index (χ2v) is 19.3. The third-order valence-corrected chi connectivity index (χ3v) is 11.4. The first-order valence-corrected chi connectivity index (χ1v) is 22.4. The molecule has 0 aliphatic carbocycles. The molecule has 0 saturated carbocycles. The third-order valence-electron chi connectivity index (χ3n) is 10.1. The normalized spacial score (nSPS) is 18.2.